The quantitative estimate of drug-likeness (QED) is 0.860. The molecule has 0 aliphatic carbocycles. The number of carbonyl (C=O) groups excluding carboxylic acids is 1. The second-order valence-electron chi connectivity index (χ2n) is 4.99. The molecule has 1 heterocycles. The minimum atomic E-state index is -3.30. The first-order valence-corrected chi connectivity index (χ1v) is 8.06. The predicted molar refractivity (Wildman–Crippen MR) is 80.2 cm³/mol. The van der Waals surface area contributed by atoms with Gasteiger partial charge in [0.2, 0.25) is 0 Å². The highest BCUT2D eigenvalue weighted by atomic mass is 35.5. The molecule has 7 heteroatoms. The Kier molecular flexibility index (Phi) is 5.56. The van der Waals surface area contributed by atoms with Crippen LogP contribution in [0.1, 0.15) is 15.9 Å². The molecule has 5 nitrogen and oxygen atoms in total. The summed E-state index contributed by atoms with van der Waals surface area (Å²) in [5, 5.41) is 5.96. The fourth-order valence-corrected chi connectivity index (χ4v) is 2.97. The summed E-state index contributed by atoms with van der Waals surface area (Å²) in [6.45, 7) is 4.18. The van der Waals surface area contributed by atoms with Crippen molar-refractivity contribution >= 4 is 28.2 Å². The second-order valence-corrected chi connectivity index (χ2v) is 6.97. The second kappa shape index (κ2) is 6.56. The topological polar surface area (TPSA) is 75.3 Å². The molecule has 0 spiro atoms. The summed E-state index contributed by atoms with van der Waals surface area (Å²) in [5.41, 5.74) is 1.04. The molecule has 1 aliphatic rings. The van der Waals surface area contributed by atoms with Gasteiger partial charge < -0.3 is 10.6 Å². The maximum Gasteiger partial charge on any atom is 0.251 e. The number of rotatable bonds is 4. The summed E-state index contributed by atoms with van der Waals surface area (Å²) in [6.07, 6.45) is 1.15. The molecule has 0 aromatic heterocycles. The van der Waals surface area contributed by atoms with Crippen LogP contribution < -0.4 is 10.6 Å². The van der Waals surface area contributed by atoms with Gasteiger partial charge in [-0.05, 0) is 24.6 Å². The third-order valence-electron chi connectivity index (χ3n) is 3.27. The van der Waals surface area contributed by atoms with Crippen LogP contribution in [0.25, 0.3) is 0 Å². The van der Waals surface area contributed by atoms with Crippen LogP contribution in [-0.4, -0.2) is 40.2 Å². The number of hydrogen-bond acceptors (Lipinski definition) is 4. The minimum Gasteiger partial charge on any atom is -0.352 e. The average molecular weight is 319 g/mol. The van der Waals surface area contributed by atoms with Crippen molar-refractivity contribution in [2.45, 2.75) is 11.8 Å². The minimum absolute atomic E-state index is 0. The summed E-state index contributed by atoms with van der Waals surface area (Å²) >= 11 is 0. The Morgan fingerprint density at radius 3 is 2.55 bits per heavy atom. The first kappa shape index (κ1) is 16.9. The molecule has 0 bridgehead atoms. The Balaban J connectivity index is 0.00000200. The van der Waals surface area contributed by atoms with Gasteiger partial charge >= 0.3 is 0 Å². The Morgan fingerprint density at radius 1 is 1.40 bits per heavy atom. The van der Waals surface area contributed by atoms with E-state index < -0.39 is 9.84 Å². The monoisotopic (exact) mass is 318 g/mol. The van der Waals surface area contributed by atoms with Crippen molar-refractivity contribution in [3.8, 4) is 0 Å². The number of carbonyl (C=O) groups is 1. The van der Waals surface area contributed by atoms with Crippen molar-refractivity contribution in [2.24, 2.45) is 5.92 Å². The summed E-state index contributed by atoms with van der Waals surface area (Å²) in [6, 6.07) is 4.76. The summed E-state index contributed by atoms with van der Waals surface area (Å²) < 4.78 is 23.2. The lowest BCUT2D eigenvalue weighted by Gasteiger charge is -2.27. The molecule has 0 saturated carbocycles. The van der Waals surface area contributed by atoms with Crippen molar-refractivity contribution in [3.63, 3.8) is 0 Å². The zero-order valence-electron chi connectivity index (χ0n) is 11.5. The van der Waals surface area contributed by atoms with Crippen molar-refractivity contribution < 1.29 is 13.2 Å². The largest absolute Gasteiger partial charge is 0.352 e. The molecule has 1 aliphatic heterocycles. The summed E-state index contributed by atoms with van der Waals surface area (Å²) in [4.78, 5) is 12.2. The van der Waals surface area contributed by atoms with Crippen LogP contribution in [-0.2, 0) is 9.84 Å². The molecule has 1 amide bonds. The molecule has 1 fully saturated rings. The van der Waals surface area contributed by atoms with E-state index in [4.69, 9.17) is 0 Å². The third-order valence-corrected chi connectivity index (χ3v) is 4.51. The fourth-order valence-electron chi connectivity index (χ4n) is 1.97. The highest BCUT2D eigenvalue weighted by molar-refractivity contribution is 7.90. The Morgan fingerprint density at radius 2 is 2.05 bits per heavy atom. The highest BCUT2D eigenvalue weighted by Gasteiger charge is 2.19. The maximum absolute atomic E-state index is 12.0. The standard InChI is InChI=1S/C13H18N2O3S.ClH/c1-9-3-4-11(5-12(9)19(2,17)18)13(16)15-8-10-6-14-7-10;/h3-5,10,14H,6-8H2,1-2H3,(H,15,16);1H. The van der Waals surface area contributed by atoms with Crippen LogP contribution in [0.4, 0.5) is 0 Å². The van der Waals surface area contributed by atoms with Crippen molar-refractivity contribution in [2.75, 3.05) is 25.9 Å². The van der Waals surface area contributed by atoms with Gasteiger partial charge in [-0.2, -0.15) is 0 Å². The maximum atomic E-state index is 12.0. The fraction of sp³-hybridized carbons (Fsp3) is 0.462. The first-order valence-electron chi connectivity index (χ1n) is 6.17. The summed E-state index contributed by atoms with van der Waals surface area (Å²) in [7, 11) is -3.30. The molecule has 0 atom stereocenters. The molecule has 112 valence electrons. The lowest BCUT2D eigenvalue weighted by molar-refractivity contribution is 0.0942. The van der Waals surface area contributed by atoms with E-state index in [2.05, 4.69) is 10.6 Å². The molecule has 0 radical (unpaired) electrons. The van der Waals surface area contributed by atoms with Gasteiger partial charge in [0.1, 0.15) is 0 Å². The van der Waals surface area contributed by atoms with Crippen LogP contribution in [0.2, 0.25) is 0 Å². The van der Waals surface area contributed by atoms with E-state index in [1.54, 1.807) is 19.1 Å². The Bertz CT molecular complexity index is 598. The molecule has 1 aromatic carbocycles. The number of amides is 1. The van der Waals surface area contributed by atoms with Gasteiger partial charge in [-0.1, -0.05) is 6.07 Å². The van der Waals surface area contributed by atoms with E-state index in [1.807, 2.05) is 0 Å². The van der Waals surface area contributed by atoms with Gasteiger partial charge in [0.05, 0.1) is 4.90 Å². The number of nitrogens with one attached hydrogen (secondary N) is 2. The number of halogens is 1. The van der Waals surface area contributed by atoms with E-state index in [9.17, 15) is 13.2 Å². The van der Waals surface area contributed by atoms with E-state index in [0.29, 0.717) is 23.6 Å². The number of hydrogen-bond donors (Lipinski definition) is 2. The van der Waals surface area contributed by atoms with Gasteiger partial charge in [-0.25, -0.2) is 8.42 Å². The zero-order chi connectivity index (χ0) is 14.0. The predicted octanol–water partition coefficient (Wildman–Crippen LogP) is 0.770. The first-order chi connectivity index (χ1) is 8.88. The van der Waals surface area contributed by atoms with Crippen molar-refractivity contribution in [1.29, 1.82) is 0 Å². The van der Waals surface area contributed by atoms with Gasteiger partial charge in [0, 0.05) is 37.4 Å². The van der Waals surface area contributed by atoms with Gasteiger partial charge in [0.25, 0.3) is 5.91 Å². The van der Waals surface area contributed by atoms with Crippen LogP contribution in [0.3, 0.4) is 0 Å². The van der Waals surface area contributed by atoms with Crippen LogP contribution >= 0.6 is 12.4 Å². The molecular weight excluding hydrogens is 300 g/mol. The molecular formula is C13H19ClN2O3S. The zero-order valence-corrected chi connectivity index (χ0v) is 13.1. The number of benzene rings is 1. The molecule has 0 unspecified atom stereocenters. The third kappa shape index (κ3) is 3.94. The number of aryl methyl sites for hydroxylation is 1. The van der Waals surface area contributed by atoms with Gasteiger partial charge in [-0.15, -0.1) is 12.4 Å². The number of sulfone groups is 1. The smallest absolute Gasteiger partial charge is 0.251 e. The molecule has 1 saturated heterocycles. The molecule has 2 N–H and O–H groups in total. The molecule has 20 heavy (non-hydrogen) atoms. The van der Waals surface area contributed by atoms with Gasteiger partial charge in [0.15, 0.2) is 9.84 Å². The van der Waals surface area contributed by atoms with Crippen LogP contribution in [0.15, 0.2) is 23.1 Å². The lowest BCUT2D eigenvalue weighted by atomic mass is 10.0. The SMILES string of the molecule is Cc1ccc(C(=O)NCC2CNC2)cc1S(C)(=O)=O.Cl. The van der Waals surface area contributed by atoms with E-state index in [0.717, 1.165) is 19.3 Å². The Labute approximate surface area is 125 Å². The Hall–Kier alpha value is -1.11. The van der Waals surface area contributed by atoms with Gasteiger partial charge in [-0.3, -0.25) is 4.79 Å². The van der Waals surface area contributed by atoms with E-state index in [1.165, 1.54) is 6.07 Å². The summed E-state index contributed by atoms with van der Waals surface area (Å²) in [5.74, 6) is 0.251. The van der Waals surface area contributed by atoms with E-state index in [-0.39, 0.29) is 23.2 Å². The average Bonchev–Trinajstić information content (AvgIpc) is 2.25. The van der Waals surface area contributed by atoms with Crippen molar-refractivity contribution in [3.05, 3.63) is 29.3 Å². The lowest BCUT2D eigenvalue weighted by Crippen LogP contribution is -2.48. The molecule has 2 rings (SSSR count). The highest BCUT2D eigenvalue weighted by Crippen LogP contribution is 2.17. The van der Waals surface area contributed by atoms with Crippen molar-refractivity contribution in [1.82, 2.24) is 10.6 Å². The van der Waals surface area contributed by atoms with E-state index >= 15 is 0 Å². The normalized spacial score (nSPS) is 15.1. The molecule has 1 aromatic rings. The van der Waals surface area contributed by atoms with Crippen LogP contribution in [0.5, 0.6) is 0 Å². The van der Waals surface area contributed by atoms with Crippen LogP contribution in [0, 0.1) is 12.8 Å².